The quantitative estimate of drug-likeness (QED) is 0.808. The second-order valence-electron chi connectivity index (χ2n) is 4.30. The number of nitrogens with one attached hydrogen (secondary N) is 1. The van der Waals surface area contributed by atoms with Crippen molar-refractivity contribution in [1.82, 2.24) is 5.32 Å². The fourth-order valence-electron chi connectivity index (χ4n) is 2.13. The van der Waals surface area contributed by atoms with Gasteiger partial charge in [-0.25, -0.2) is 0 Å². The molecule has 0 amide bonds. The van der Waals surface area contributed by atoms with Crippen LogP contribution in [0.4, 0.5) is 0 Å². The molecule has 1 aliphatic rings. The smallest absolute Gasteiger partial charge is 0.0914 e. The Morgan fingerprint density at radius 1 is 1.56 bits per heavy atom. The highest BCUT2D eigenvalue weighted by molar-refractivity contribution is 5.28. The molecular formula is C13H19NO2. The van der Waals surface area contributed by atoms with Crippen LogP contribution in [0.25, 0.3) is 0 Å². The largest absolute Gasteiger partial charge is 0.387 e. The van der Waals surface area contributed by atoms with Crippen LogP contribution in [0.2, 0.25) is 0 Å². The van der Waals surface area contributed by atoms with Crippen molar-refractivity contribution >= 4 is 0 Å². The van der Waals surface area contributed by atoms with E-state index in [1.165, 1.54) is 5.56 Å². The third-order valence-corrected chi connectivity index (χ3v) is 3.09. The summed E-state index contributed by atoms with van der Waals surface area (Å²) in [6.45, 7) is 2.25. The normalized spacial score (nSPS) is 22.2. The van der Waals surface area contributed by atoms with Gasteiger partial charge in [0.1, 0.15) is 0 Å². The summed E-state index contributed by atoms with van der Waals surface area (Å²) in [7, 11) is 1.85. The molecule has 3 nitrogen and oxygen atoms in total. The molecule has 2 N–H and O–H groups in total. The van der Waals surface area contributed by atoms with E-state index >= 15 is 0 Å². The van der Waals surface area contributed by atoms with E-state index in [1.54, 1.807) is 0 Å². The molecular weight excluding hydrogens is 202 g/mol. The molecule has 2 atom stereocenters. The Morgan fingerprint density at radius 3 is 3.12 bits per heavy atom. The van der Waals surface area contributed by atoms with Crippen molar-refractivity contribution in [3.63, 3.8) is 0 Å². The van der Waals surface area contributed by atoms with E-state index in [2.05, 4.69) is 17.4 Å². The van der Waals surface area contributed by atoms with E-state index in [0.29, 0.717) is 12.5 Å². The number of likely N-dealkylation sites (N-methyl/N-ethyl adjacent to an activating group) is 1. The summed E-state index contributed by atoms with van der Waals surface area (Å²) in [5, 5.41) is 12.9. The molecule has 1 heterocycles. The van der Waals surface area contributed by atoms with Crippen LogP contribution in [0.1, 0.15) is 29.6 Å². The fourth-order valence-corrected chi connectivity index (χ4v) is 2.13. The van der Waals surface area contributed by atoms with E-state index in [4.69, 9.17) is 4.74 Å². The lowest BCUT2D eigenvalue weighted by Gasteiger charge is -2.14. The minimum atomic E-state index is -0.424. The van der Waals surface area contributed by atoms with Crippen LogP contribution in [-0.2, 0) is 4.74 Å². The Kier molecular flexibility index (Phi) is 3.93. The summed E-state index contributed by atoms with van der Waals surface area (Å²) in [4.78, 5) is 0. The van der Waals surface area contributed by atoms with Crippen molar-refractivity contribution in [1.29, 1.82) is 0 Å². The first-order valence-corrected chi connectivity index (χ1v) is 5.81. The van der Waals surface area contributed by atoms with Gasteiger partial charge in [0.25, 0.3) is 0 Å². The maximum Gasteiger partial charge on any atom is 0.0914 e. The van der Waals surface area contributed by atoms with Crippen molar-refractivity contribution in [3.05, 3.63) is 35.4 Å². The lowest BCUT2D eigenvalue weighted by molar-refractivity contribution is 0.177. The molecule has 0 saturated carbocycles. The Bertz CT molecular complexity index is 334. The molecule has 2 rings (SSSR count). The van der Waals surface area contributed by atoms with Crippen LogP contribution >= 0.6 is 0 Å². The zero-order valence-electron chi connectivity index (χ0n) is 9.65. The fraction of sp³-hybridized carbons (Fsp3) is 0.538. The van der Waals surface area contributed by atoms with Gasteiger partial charge in [0.2, 0.25) is 0 Å². The average molecular weight is 221 g/mol. The van der Waals surface area contributed by atoms with Gasteiger partial charge in [0, 0.05) is 19.1 Å². The van der Waals surface area contributed by atoms with Crippen molar-refractivity contribution in [2.24, 2.45) is 0 Å². The van der Waals surface area contributed by atoms with Crippen LogP contribution in [0, 0.1) is 0 Å². The van der Waals surface area contributed by atoms with Gasteiger partial charge in [-0.1, -0.05) is 24.3 Å². The first-order chi connectivity index (χ1) is 7.81. The van der Waals surface area contributed by atoms with Gasteiger partial charge in [-0.3, -0.25) is 0 Å². The van der Waals surface area contributed by atoms with Gasteiger partial charge in [0.05, 0.1) is 12.7 Å². The molecule has 0 radical (unpaired) electrons. The SMILES string of the molecule is CNCC(O)c1cccc(C2CCOC2)c1. The molecule has 3 heteroatoms. The molecule has 16 heavy (non-hydrogen) atoms. The Morgan fingerprint density at radius 2 is 2.44 bits per heavy atom. The Labute approximate surface area is 96.4 Å². The van der Waals surface area contributed by atoms with Gasteiger partial charge in [-0.05, 0) is 24.6 Å². The molecule has 1 aliphatic heterocycles. The number of hydrogen-bond acceptors (Lipinski definition) is 3. The van der Waals surface area contributed by atoms with Gasteiger partial charge in [0.15, 0.2) is 0 Å². The molecule has 0 aliphatic carbocycles. The van der Waals surface area contributed by atoms with Crippen molar-refractivity contribution in [2.45, 2.75) is 18.4 Å². The third kappa shape index (κ3) is 2.61. The molecule has 1 aromatic rings. The van der Waals surface area contributed by atoms with E-state index in [1.807, 2.05) is 19.2 Å². The van der Waals surface area contributed by atoms with Gasteiger partial charge < -0.3 is 15.2 Å². The molecule has 1 saturated heterocycles. The Hall–Kier alpha value is -0.900. The highest BCUT2D eigenvalue weighted by Gasteiger charge is 2.18. The maximum absolute atomic E-state index is 9.89. The Balaban J connectivity index is 2.12. The van der Waals surface area contributed by atoms with E-state index in [-0.39, 0.29) is 0 Å². The van der Waals surface area contributed by atoms with Crippen LogP contribution in [0.5, 0.6) is 0 Å². The number of aliphatic hydroxyl groups excluding tert-OH is 1. The van der Waals surface area contributed by atoms with Crippen molar-refractivity contribution < 1.29 is 9.84 Å². The molecule has 88 valence electrons. The molecule has 0 spiro atoms. The molecule has 0 bridgehead atoms. The van der Waals surface area contributed by atoms with E-state index in [9.17, 15) is 5.11 Å². The summed E-state index contributed by atoms with van der Waals surface area (Å²) in [6.07, 6.45) is 0.665. The second-order valence-corrected chi connectivity index (χ2v) is 4.30. The molecule has 2 unspecified atom stereocenters. The summed E-state index contributed by atoms with van der Waals surface area (Å²) in [6, 6.07) is 8.21. The summed E-state index contributed by atoms with van der Waals surface area (Å²) in [5.41, 5.74) is 2.27. The number of ether oxygens (including phenoxy) is 1. The van der Waals surface area contributed by atoms with Gasteiger partial charge >= 0.3 is 0 Å². The van der Waals surface area contributed by atoms with Crippen LogP contribution in [0.3, 0.4) is 0 Å². The zero-order valence-corrected chi connectivity index (χ0v) is 9.65. The van der Waals surface area contributed by atoms with Crippen molar-refractivity contribution in [2.75, 3.05) is 26.8 Å². The number of rotatable bonds is 4. The van der Waals surface area contributed by atoms with Gasteiger partial charge in [-0.15, -0.1) is 0 Å². The standard InChI is InChI=1S/C13H19NO2/c1-14-8-13(15)11-4-2-3-10(7-11)12-5-6-16-9-12/h2-4,7,12-15H,5-6,8-9H2,1H3. The summed E-state index contributed by atoms with van der Waals surface area (Å²) < 4.78 is 5.38. The van der Waals surface area contributed by atoms with Gasteiger partial charge in [-0.2, -0.15) is 0 Å². The summed E-state index contributed by atoms with van der Waals surface area (Å²) in [5.74, 6) is 0.502. The van der Waals surface area contributed by atoms with Crippen LogP contribution in [-0.4, -0.2) is 31.9 Å². The van der Waals surface area contributed by atoms with Crippen molar-refractivity contribution in [3.8, 4) is 0 Å². The monoisotopic (exact) mass is 221 g/mol. The predicted molar refractivity (Wildman–Crippen MR) is 63.5 cm³/mol. The minimum Gasteiger partial charge on any atom is -0.387 e. The first-order valence-electron chi connectivity index (χ1n) is 5.81. The molecule has 1 fully saturated rings. The minimum absolute atomic E-state index is 0.424. The molecule has 1 aromatic carbocycles. The van der Waals surface area contributed by atoms with Crippen LogP contribution < -0.4 is 5.32 Å². The summed E-state index contributed by atoms with van der Waals surface area (Å²) >= 11 is 0. The first kappa shape index (κ1) is 11.6. The number of benzene rings is 1. The lowest BCUT2D eigenvalue weighted by atomic mass is 9.95. The molecule has 0 aromatic heterocycles. The number of hydrogen-bond donors (Lipinski definition) is 2. The highest BCUT2D eigenvalue weighted by Crippen LogP contribution is 2.27. The number of aliphatic hydroxyl groups is 1. The third-order valence-electron chi connectivity index (χ3n) is 3.09. The van der Waals surface area contributed by atoms with Crippen LogP contribution in [0.15, 0.2) is 24.3 Å². The second kappa shape index (κ2) is 5.43. The topological polar surface area (TPSA) is 41.5 Å². The predicted octanol–water partition coefficient (Wildman–Crippen LogP) is 1.44. The average Bonchev–Trinajstić information content (AvgIpc) is 2.83. The van der Waals surface area contributed by atoms with E-state index in [0.717, 1.165) is 25.2 Å². The lowest BCUT2D eigenvalue weighted by Crippen LogP contribution is -2.16. The zero-order chi connectivity index (χ0) is 11.4. The van der Waals surface area contributed by atoms with E-state index < -0.39 is 6.10 Å². The highest BCUT2D eigenvalue weighted by atomic mass is 16.5. The maximum atomic E-state index is 9.89.